The zero-order valence-corrected chi connectivity index (χ0v) is 10.2. The summed E-state index contributed by atoms with van der Waals surface area (Å²) in [6.45, 7) is 0.831. The fraction of sp³-hybridized carbons (Fsp3) is 0.143. The van der Waals surface area contributed by atoms with Crippen LogP contribution >= 0.6 is 0 Å². The van der Waals surface area contributed by atoms with Crippen LogP contribution in [0.5, 0.6) is 0 Å². The number of aromatic nitrogens is 3. The summed E-state index contributed by atoms with van der Waals surface area (Å²) in [4.78, 5) is 8.84. The minimum absolute atomic E-state index is 0.831. The fourth-order valence-electron chi connectivity index (χ4n) is 2.01. The summed E-state index contributed by atoms with van der Waals surface area (Å²) in [6, 6.07) is 12.1. The summed E-state index contributed by atoms with van der Waals surface area (Å²) < 4.78 is 2.00. The summed E-state index contributed by atoms with van der Waals surface area (Å²) in [5, 5.41) is 3.11. The molecule has 4 heteroatoms. The maximum atomic E-state index is 4.47. The van der Waals surface area contributed by atoms with E-state index in [1.807, 2.05) is 54.5 Å². The molecule has 0 saturated carbocycles. The Bertz CT molecular complexity index is 655. The molecule has 0 fully saturated rings. The van der Waals surface area contributed by atoms with Crippen molar-refractivity contribution in [1.29, 1.82) is 0 Å². The first-order valence-electron chi connectivity index (χ1n) is 5.90. The largest absolute Gasteiger partial charge is 0.316 e. The van der Waals surface area contributed by atoms with Crippen LogP contribution in [0.3, 0.4) is 0 Å². The number of nitrogens with zero attached hydrogens (tertiary/aromatic N) is 3. The molecule has 0 aliphatic carbocycles. The average molecular weight is 238 g/mol. The van der Waals surface area contributed by atoms with E-state index in [-0.39, 0.29) is 0 Å². The molecule has 3 rings (SSSR count). The van der Waals surface area contributed by atoms with Crippen LogP contribution < -0.4 is 5.32 Å². The molecule has 1 aromatic carbocycles. The third-order valence-electron chi connectivity index (χ3n) is 2.89. The lowest BCUT2D eigenvalue weighted by Gasteiger charge is -2.04. The molecule has 3 aromatic rings. The third-order valence-corrected chi connectivity index (χ3v) is 2.89. The molecule has 0 atom stereocenters. The first-order chi connectivity index (χ1) is 8.88. The molecule has 0 aliphatic rings. The molecule has 0 spiro atoms. The molecule has 4 nitrogen and oxygen atoms in total. The van der Waals surface area contributed by atoms with Gasteiger partial charge in [-0.1, -0.05) is 18.2 Å². The van der Waals surface area contributed by atoms with Crippen molar-refractivity contribution >= 4 is 11.0 Å². The second kappa shape index (κ2) is 4.58. The zero-order valence-electron chi connectivity index (χ0n) is 10.2. The lowest BCUT2D eigenvalue weighted by molar-refractivity contribution is 0.811. The van der Waals surface area contributed by atoms with Crippen molar-refractivity contribution in [1.82, 2.24) is 19.9 Å². The summed E-state index contributed by atoms with van der Waals surface area (Å²) in [7, 11) is 1.93. The van der Waals surface area contributed by atoms with E-state index in [0.29, 0.717) is 0 Å². The minimum atomic E-state index is 0.831. The van der Waals surface area contributed by atoms with Crippen molar-refractivity contribution in [2.45, 2.75) is 6.54 Å². The van der Waals surface area contributed by atoms with Crippen molar-refractivity contribution in [3.63, 3.8) is 0 Å². The van der Waals surface area contributed by atoms with Crippen molar-refractivity contribution in [3.8, 4) is 5.82 Å². The SMILES string of the molecule is CNCc1ccc(-n2cnc3ccccc32)nc1. The first kappa shape index (κ1) is 10.9. The van der Waals surface area contributed by atoms with Crippen molar-refractivity contribution < 1.29 is 0 Å². The topological polar surface area (TPSA) is 42.7 Å². The molecule has 0 bridgehead atoms. The van der Waals surface area contributed by atoms with Gasteiger partial charge in [0.05, 0.1) is 11.0 Å². The molecule has 0 saturated heterocycles. The monoisotopic (exact) mass is 238 g/mol. The van der Waals surface area contributed by atoms with Crippen LogP contribution in [-0.4, -0.2) is 21.6 Å². The summed E-state index contributed by atoms with van der Waals surface area (Å²) in [5.41, 5.74) is 3.23. The number of hydrogen-bond acceptors (Lipinski definition) is 3. The predicted octanol–water partition coefficient (Wildman–Crippen LogP) is 2.14. The van der Waals surface area contributed by atoms with Gasteiger partial charge in [0.25, 0.3) is 0 Å². The molecule has 0 amide bonds. The molecule has 1 N–H and O–H groups in total. The predicted molar refractivity (Wildman–Crippen MR) is 71.6 cm³/mol. The molecule has 0 unspecified atom stereocenters. The highest BCUT2D eigenvalue weighted by Crippen LogP contribution is 2.16. The Labute approximate surface area is 105 Å². The van der Waals surface area contributed by atoms with Gasteiger partial charge in [-0.25, -0.2) is 9.97 Å². The molecule has 0 aliphatic heterocycles. The van der Waals surface area contributed by atoms with Gasteiger partial charge < -0.3 is 5.32 Å². The third kappa shape index (κ3) is 1.87. The number of rotatable bonds is 3. The Morgan fingerprint density at radius 3 is 2.78 bits per heavy atom. The number of para-hydroxylation sites is 2. The highest BCUT2D eigenvalue weighted by molar-refractivity contribution is 5.76. The number of hydrogen-bond donors (Lipinski definition) is 1. The maximum Gasteiger partial charge on any atom is 0.138 e. The van der Waals surface area contributed by atoms with Crippen LogP contribution in [0, 0.1) is 0 Å². The van der Waals surface area contributed by atoms with E-state index in [4.69, 9.17) is 0 Å². The molecule has 90 valence electrons. The van der Waals surface area contributed by atoms with Crippen LogP contribution in [0.25, 0.3) is 16.9 Å². The molecular formula is C14H14N4. The Balaban J connectivity index is 2.03. The summed E-state index contributed by atoms with van der Waals surface area (Å²) >= 11 is 0. The lowest BCUT2D eigenvalue weighted by Crippen LogP contribution is -2.06. The van der Waals surface area contributed by atoms with Gasteiger partial charge in [0.1, 0.15) is 12.1 Å². The van der Waals surface area contributed by atoms with E-state index in [1.54, 1.807) is 0 Å². The van der Waals surface area contributed by atoms with Gasteiger partial charge in [0.2, 0.25) is 0 Å². The Morgan fingerprint density at radius 2 is 2.00 bits per heavy atom. The fourth-order valence-corrected chi connectivity index (χ4v) is 2.01. The summed E-state index contributed by atoms with van der Waals surface area (Å²) in [5.74, 6) is 0.892. The molecule has 0 radical (unpaired) electrons. The van der Waals surface area contributed by atoms with Crippen molar-refractivity contribution in [2.75, 3.05) is 7.05 Å². The van der Waals surface area contributed by atoms with Crippen LogP contribution in [-0.2, 0) is 6.54 Å². The number of imidazole rings is 1. The van der Waals surface area contributed by atoms with Crippen molar-refractivity contribution in [2.24, 2.45) is 0 Å². The second-order valence-corrected chi connectivity index (χ2v) is 4.16. The van der Waals surface area contributed by atoms with Gasteiger partial charge in [-0.15, -0.1) is 0 Å². The lowest BCUT2D eigenvalue weighted by atomic mass is 10.3. The maximum absolute atomic E-state index is 4.47. The molecule has 2 heterocycles. The van der Waals surface area contributed by atoms with E-state index in [1.165, 1.54) is 5.56 Å². The van der Waals surface area contributed by atoms with E-state index >= 15 is 0 Å². The normalized spacial score (nSPS) is 10.9. The van der Waals surface area contributed by atoms with Crippen LogP contribution in [0.15, 0.2) is 48.9 Å². The number of fused-ring (bicyclic) bond motifs is 1. The number of benzene rings is 1. The highest BCUT2D eigenvalue weighted by atomic mass is 15.1. The zero-order chi connectivity index (χ0) is 12.4. The Kier molecular flexibility index (Phi) is 2.78. The van der Waals surface area contributed by atoms with E-state index in [2.05, 4.69) is 21.4 Å². The van der Waals surface area contributed by atoms with E-state index < -0.39 is 0 Å². The van der Waals surface area contributed by atoms with E-state index in [9.17, 15) is 0 Å². The Hall–Kier alpha value is -2.20. The van der Waals surface area contributed by atoms with Crippen LogP contribution in [0.1, 0.15) is 5.56 Å². The van der Waals surface area contributed by atoms with Gasteiger partial charge >= 0.3 is 0 Å². The molecular weight excluding hydrogens is 224 g/mol. The number of pyridine rings is 1. The minimum Gasteiger partial charge on any atom is -0.316 e. The van der Waals surface area contributed by atoms with Gasteiger partial charge in [-0.2, -0.15) is 0 Å². The number of nitrogens with one attached hydrogen (secondary N) is 1. The van der Waals surface area contributed by atoms with Crippen LogP contribution in [0.4, 0.5) is 0 Å². The average Bonchev–Trinajstić information content (AvgIpc) is 2.84. The van der Waals surface area contributed by atoms with Crippen molar-refractivity contribution in [3.05, 3.63) is 54.5 Å². The van der Waals surface area contributed by atoms with E-state index in [0.717, 1.165) is 23.4 Å². The van der Waals surface area contributed by atoms with Gasteiger partial charge in [0.15, 0.2) is 0 Å². The van der Waals surface area contributed by atoms with Gasteiger partial charge in [-0.05, 0) is 30.8 Å². The quantitative estimate of drug-likeness (QED) is 0.760. The standard InChI is InChI=1S/C14H14N4/c1-15-8-11-6-7-14(16-9-11)18-10-17-12-4-2-3-5-13(12)18/h2-7,9-10,15H,8H2,1H3. The molecule has 18 heavy (non-hydrogen) atoms. The second-order valence-electron chi connectivity index (χ2n) is 4.16. The van der Waals surface area contributed by atoms with Gasteiger partial charge in [-0.3, -0.25) is 4.57 Å². The smallest absolute Gasteiger partial charge is 0.138 e. The summed E-state index contributed by atoms with van der Waals surface area (Å²) in [6.07, 6.45) is 3.70. The molecule has 2 aromatic heterocycles. The highest BCUT2D eigenvalue weighted by Gasteiger charge is 2.04. The Morgan fingerprint density at radius 1 is 1.11 bits per heavy atom. The van der Waals surface area contributed by atoms with Gasteiger partial charge in [0, 0.05) is 12.7 Å². The van der Waals surface area contributed by atoms with Crippen LogP contribution in [0.2, 0.25) is 0 Å². The first-order valence-corrected chi connectivity index (χ1v) is 5.90.